The van der Waals surface area contributed by atoms with Crippen molar-refractivity contribution in [2.75, 3.05) is 5.73 Å². The Balaban J connectivity index is 2.89. The molecule has 0 radical (unpaired) electrons. The molecule has 1 unspecified atom stereocenters. The van der Waals surface area contributed by atoms with E-state index in [1.807, 2.05) is 20.8 Å². The van der Waals surface area contributed by atoms with Crippen LogP contribution in [0.4, 0.5) is 5.95 Å². The molecule has 1 aliphatic rings. The molecular weight excluding hydrogens is 194 g/mol. The lowest BCUT2D eigenvalue weighted by molar-refractivity contribution is 0.403. The highest BCUT2D eigenvalue weighted by Gasteiger charge is 2.27. The first-order valence-corrected chi connectivity index (χ1v) is 4.74. The van der Waals surface area contributed by atoms with Crippen LogP contribution in [0.25, 0.3) is 0 Å². The molecule has 0 aliphatic carbocycles. The van der Waals surface area contributed by atoms with Crippen molar-refractivity contribution in [2.24, 2.45) is 9.98 Å². The summed E-state index contributed by atoms with van der Waals surface area (Å²) in [5, 5.41) is 0.274. The van der Waals surface area contributed by atoms with Gasteiger partial charge in [-0.1, -0.05) is 0 Å². The normalized spacial score (nSPS) is 22.5. The maximum Gasteiger partial charge on any atom is 0.280 e. The van der Waals surface area contributed by atoms with Gasteiger partial charge >= 0.3 is 0 Å². The number of hydrogen-bond acceptors (Lipinski definition) is 5. The standard InChI is InChI=1S/C9H13N5O/c1-4-9(2,3)14-6-5(11-4)7(15)13-8(10)12-6/h4H,1-3H3,(H3,10,12,13,14,15). The number of fused-ring (bicyclic) bond motifs is 1. The van der Waals surface area contributed by atoms with E-state index >= 15 is 0 Å². The Morgan fingerprint density at radius 3 is 2.80 bits per heavy atom. The van der Waals surface area contributed by atoms with Gasteiger partial charge in [-0.2, -0.15) is 4.98 Å². The van der Waals surface area contributed by atoms with E-state index in [1.54, 1.807) is 0 Å². The monoisotopic (exact) mass is 207 g/mol. The molecule has 0 fully saturated rings. The van der Waals surface area contributed by atoms with Gasteiger partial charge in [0.15, 0.2) is 10.8 Å². The Labute approximate surface area is 86.0 Å². The largest absolute Gasteiger partial charge is 0.369 e. The fourth-order valence-electron chi connectivity index (χ4n) is 1.38. The molecule has 0 saturated heterocycles. The molecule has 6 heteroatoms. The molecule has 1 atom stereocenters. The van der Waals surface area contributed by atoms with E-state index in [0.717, 1.165) is 0 Å². The molecule has 6 nitrogen and oxygen atoms in total. The van der Waals surface area contributed by atoms with Crippen molar-refractivity contribution < 1.29 is 0 Å². The van der Waals surface area contributed by atoms with Crippen LogP contribution in [0.2, 0.25) is 0 Å². The first kappa shape index (κ1) is 9.82. The Kier molecular flexibility index (Phi) is 1.89. The fourth-order valence-corrected chi connectivity index (χ4v) is 1.38. The van der Waals surface area contributed by atoms with Crippen molar-refractivity contribution in [3.63, 3.8) is 0 Å². The Morgan fingerprint density at radius 2 is 2.13 bits per heavy atom. The van der Waals surface area contributed by atoms with Crippen molar-refractivity contribution in [1.82, 2.24) is 9.97 Å². The molecule has 1 aromatic heterocycles. The lowest BCUT2D eigenvalue weighted by atomic mass is 9.97. The molecule has 0 aromatic carbocycles. The van der Waals surface area contributed by atoms with E-state index in [0.29, 0.717) is 5.49 Å². The maximum absolute atomic E-state index is 11.5. The van der Waals surface area contributed by atoms with Crippen LogP contribution in [0.15, 0.2) is 14.8 Å². The SMILES string of the molecule is CC1N=c2c(nc(N)[nH]c2=O)=NC1(C)C. The minimum atomic E-state index is -0.347. The van der Waals surface area contributed by atoms with Crippen molar-refractivity contribution in [1.29, 1.82) is 0 Å². The third-order valence-corrected chi connectivity index (χ3v) is 2.63. The van der Waals surface area contributed by atoms with Crippen LogP contribution in [0.1, 0.15) is 20.8 Å². The quantitative estimate of drug-likeness (QED) is 0.557. The van der Waals surface area contributed by atoms with Gasteiger partial charge in [-0.25, -0.2) is 0 Å². The minimum Gasteiger partial charge on any atom is -0.369 e. The molecule has 80 valence electrons. The minimum absolute atomic E-state index is 0.0449. The molecule has 2 heterocycles. The molecule has 0 saturated carbocycles. The van der Waals surface area contributed by atoms with E-state index in [-0.39, 0.29) is 28.4 Å². The lowest BCUT2D eigenvalue weighted by Gasteiger charge is -2.26. The fraction of sp³-hybridized carbons (Fsp3) is 0.556. The predicted octanol–water partition coefficient (Wildman–Crippen LogP) is -1.23. The van der Waals surface area contributed by atoms with Gasteiger partial charge in [-0.3, -0.25) is 19.8 Å². The second-order valence-corrected chi connectivity index (χ2v) is 4.19. The number of nitrogens with two attached hydrogens (primary N) is 1. The summed E-state index contributed by atoms with van der Waals surface area (Å²) in [6, 6.07) is -0.0449. The number of anilines is 1. The van der Waals surface area contributed by atoms with Gasteiger partial charge < -0.3 is 5.73 Å². The summed E-state index contributed by atoms with van der Waals surface area (Å²) < 4.78 is 0. The summed E-state index contributed by atoms with van der Waals surface area (Å²) in [6.07, 6.45) is 0. The summed E-state index contributed by atoms with van der Waals surface area (Å²) in [4.78, 5) is 26.5. The second-order valence-electron chi connectivity index (χ2n) is 4.19. The van der Waals surface area contributed by atoms with E-state index in [4.69, 9.17) is 5.73 Å². The molecule has 2 rings (SSSR count). The first-order valence-electron chi connectivity index (χ1n) is 4.74. The number of nitrogens with zero attached hydrogens (tertiary/aromatic N) is 3. The number of nitrogen functional groups attached to an aromatic ring is 1. The summed E-state index contributed by atoms with van der Waals surface area (Å²) in [6.45, 7) is 5.81. The van der Waals surface area contributed by atoms with Gasteiger partial charge in [0.1, 0.15) is 0 Å². The number of rotatable bonds is 0. The molecule has 15 heavy (non-hydrogen) atoms. The van der Waals surface area contributed by atoms with E-state index in [9.17, 15) is 4.79 Å². The van der Waals surface area contributed by atoms with Gasteiger partial charge in [0.2, 0.25) is 5.95 Å². The number of hydrogen-bond donors (Lipinski definition) is 2. The van der Waals surface area contributed by atoms with Crippen LogP contribution in [-0.2, 0) is 0 Å². The van der Waals surface area contributed by atoms with Gasteiger partial charge in [-0.05, 0) is 20.8 Å². The topological polar surface area (TPSA) is 96.5 Å². The van der Waals surface area contributed by atoms with Gasteiger partial charge in [0, 0.05) is 0 Å². The number of H-pyrrole nitrogens is 1. The number of aromatic nitrogens is 2. The van der Waals surface area contributed by atoms with Crippen LogP contribution in [0, 0.1) is 0 Å². The summed E-state index contributed by atoms with van der Waals surface area (Å²) in [7, 11) is 0. The predicted molar refractivity (Wildman–Crippen MR) is 55.1 cm³/mol. The van der Waals surface area contributed by atoms with Crippen molar-refractivity contribution >= 4 is 5.95 Å². The van der Waals surface area contributed by atoms with Gasteiger partial charge in [-0.15, -0.1) is 0 Å². The van der Waals surface area contributed by atoms with E-state index in [2.05, 4.69) is 20.0 Å². The average molecular weight is 207 g/mol. The average Bonchev–Trinajstić information content (AvgIpc) is 2.08. The Morgan fingerprint density at radius 1 is 1.47 bits per heavy atom. The molecular formula is C9H13N5O. The number of aromatic amines is 1. The van der Waals surface area contributed by atoms with Crippen LogP contribution in [-0.4, -0.2) is 21.5 Å². The third kappa shape index (κ3) is 1.51. The van der Waals surface area contributed by atoms with Gasteiger partial charge in [0.25, 0.3) is 5.56 Å². The van der Waals surface area contributed by atoms with Gasteiger partial charge in [0.05, 0.1) is 11.6 Å². The maximum atomic E-state index is 11.5. The summed E-state index contributed by atoms with van der Waals surface area (Å²) >= 11 is 0. The van der Waals surface area contributed by atoms with Crippen LogP contribution in [0.3, 0.4) is 0 Å². The summed E-state index contributed by atoms with van der Waals surface area (Å²) in [5.74, 6) is 0.0723. The molecule has 0 bridgehead atoms. The molecule has 1 aliphatic heterocycles. The molecule has 0 spiro atoms. The highest BCUT2D eigenvalue weighted by molar-refractivity contribution is 5.13. The molecule has 1 aromatic rings. The van der Waals surface area contributed by atoms with E-state index in [1.165, 1.54) is 0 Å². The molecule has 3 N–H and O–H groups in total. The van der Waals surface area contributed by atoms with Crippen molar-refractivity contribution in [3.8, 4) is 0 Å². The highest BCUT2D eigenvalue weighted by atomic mass is 16.1. The van der Waals surface area contributed by atoms with Crippen molar-refractivity contribution in [3.05, 3.63) is 21.2 Å². The number of nitrogens with one attached hydrogen (secondary N) is 1. The van der Waals surface area contributed by atoms with Crippen LogP contribution >= 0.6 is 0 Å². The second kappa shape index (κ2) is 2.88. The lowest BCUT2D eigenvalue weighted by Crippen LogP contribution is -2.52. The Hall–Kier alpha value is -1.72. The molecule has 0 amide bonds. The smallest absolute Gasteiger partial charge is 0.280 e. The zero-order valence-electron chi connectivity index (χ0n) is 8.90. The van der Waals surface area contributed by atoms with Crippen LogP contribution < -0.4 is 22.1 Å². The van der Waals surface area contributed by atoms with E-state index < -0.39 is 0 Å². The Bertz CT molecular complexity index is 571. The first-order chi connectivity index (χ1) is 6.90. The third-order valence-electron chi connectivity index (χ3n) is 2.63. The van der Waals surface area contributed by atoms with Crippen LogP contribution in [0.5, 0.6) is 0 Å². The van der Waals surface area contributed by atoms with Crippen molar-refractivity contribution in [2.45, 2.75) is 32.4 Å². The zero-order chi connectivity index (χ0) is 11.2. The summed E-state index contributed by atoms with van der Waals surface area (Å²) in [5.41, 5.74) is 5.09. The zero-order valence-corrected chi connectivity index (χ0v) is 8.90. The highest BCUT2D eigenvalue weighted by Crippen LogP contribution is 2.16.